The Balaban J connectivity index is 2.44. The summed E-state index contributed by atoms with van der Waals surface area (Å²) < 4.78 is 6.56. The molecule has 1 aromatic heterocycles. The number of hydrogen-bond donors (Lipinski definition) is 0. The summed E-state index contributed by atoms with van der Waals surface area (Å²) in [4.78, 5) is 10.3. The van der Waals surface area contributed by atoms with Gasteiger partial charge in [0.05, 0.1) is 17.2 Å². The molecule has 0 spiro atoms. The predicted molar refractivity (Wildman–Crippen MR) is 61.4 cm³/mol. The normalized spacial score (nSPS) is 10.2. The average Bonchev–Trinajstić information content (AvgIpc) is 2.75. The van der Waals surface area contributed by atoms with E-state index in [9.17, 15) is 10.1 Å². The minimum absolute atomic E-state index is 0.0429. The van der Waals surface area contributed by atoms with Gasteiger partial charge in [0, 0.05) is 0 Å². The molecule has 0 N–H and O–H groups in total. The number of nitrogens with zero attached hydrogens (tertiary/aromatic N) is 3. The Hall–Kier alpha value is -2.37. The van der Waals surface area contributed by atoms with Gasteiger partial charge < -0.3 is 4.74 Å². The zero-order valence-corrected chi connectivity index (χ0v) is 9.24. The molecule has 0 aliphatic carbocycles. The molecule has 1 heterocycles. The highest BCUT2D eigenvalue weighted by atomic mass is 16.6. The maximum Gasteiger partial charge on any atom is 0.350 e. The molecule has 0 fully saturated rings. The topological polar surface area (TPSA) is 70.2 Å². The van der Waals surface area contributed by atoms with Crippen molar-refractivity contribution in [2.75, 3.05) is 6.61 Å². The molecule has 0 saturated carbocycles. The van der Waals surface area contributed by atoms with Gasteiger partial charge in [-0.2, -0.15) is 0 Å². The first kappa shape index (κ1) is 11.1. The van der Waals surface area contributed by atoms with Gasteiger partial charge in [0.2, 0.25) is 0 Å². The highest BCUT2D eigenvalue weighted by molar-refractivity contribution is 5.42. The molecule has 0 radical (unpaired) electrons. The molecular formula is C11H11N3O3. The van der Waals surface area contributed by atoms with E-state index in [0.29, 0.717) is 6.61 Å². The van der Waals surface area contributed by atoms with Gasteiger partial charge in [-0.1, -0.05) is 18.2 Å². The van der Waals surface area contributed by atoms with E-state index in [1.165, 1.54) is 10.9 Å². The number of aromatic nitrogens is 2. The Bertz CT molecular complexity index is 522. The van der Waals surface area contributed by atoms with Crippen molar-refractivity contribution in [1.82, 2.24) is 9.78 Å². The zero-order valence-electron chi connectivity index (χ0n) is 9.24. The number of hydrogen-bond acceptors (Lipinski definition) is 4. The molecule has 0 amide bonds. The van der Waals surface area contributed by atoms with Crippen LogP contribution in [-0.4, -0.2) is 21.3 Å². The minimum Gasteiger partial charge on any atom is -0.472 e. The molecule has 0 atom stereocenters. The highest BCUT2D eigenvalue weighted by Gasteiger charge is 2.21. The molecular weight excluding hydrogens is 222 g/mol. The first-order chi connectivity index (χ1) is 8.22. The third-order valence-corrected chi connectivity index (χ3v) is 2.16. The van der Waals surface area contributed by atoms with E-state index in [1.807, 2.05) is 30.3 Å². The Morgan fingerprint density at radius 2 is 2.12 bits per heavy atom. The number of rotatable bonds is 4. The summed E-state index contributed by atoms with van der Waals surface area (Å²) in [6, 6.07) is 9.16. The van der Waals surface area contributed by atoms with E-state index in [1.54, 1.807) is 6.92 Å². The van der Waals surface area contributed by atoms with Crippen LogP contribution in [0.5, 0.6) is 5.88 Å². The van der Waals surface area contributed by atoms with E-state index in [2.05, 4.69) is 5.10 Å². The van der Waals surface area contributed by atoms with E-state index in [0.717, 1.165) is 5.69 Å². The fourth-order valence-electron chi connectivity index (χ4n) is 1.43. The van der Waals surface area contributed by atoms with E-state index in [-0.39, 0.29) is 11.6 Å². The second-order valence-corrected chi connectivity index (χ2v) is 3.29. The van der Waals surface area contributed by atoms with E-state index in [4.69, 9.17) is 4.74 Å². The smallest absolute Gasteiger partial charge is 0.350 e. The first-order valence-electron chi connectivity index (χ1n) is 5.14. The average molecular weight is 233 g/mol. The lowest BCUT2D eigenvalue weighted by Crippen LogP contribution is -1.97. The Morgan fingerprint density at radius 1 is 1.41 bits per heavy atom. The molecule has 17 heavy (non-hydrogen) atoms. The number of para-hydroxylation sites is 1. The van der Waals surface area contributed by atoms with Crippen LogP contribution in [0.2, 0.25) is 0 Å². The maximum absolute atomic E-state index is 10.8. The third-order valence-electron chi connectivity index (χ3n) is 2.16. The molecule has 0 aliphatic rings. The molecule has 0 bridgehead atoms. The molecule has 0 aliphatic heterocycles. The van der Waals surface area contributed by atoms with Crippen LogP contribution < -0.4 is 4.74 Å². The van der Waals surface area contributed by atoms with Crippen LogP contribution in [0.25, 0.3) is 5.69 Å². The summed E-state index contributed by atoms with van der Waals surface area (Å²) in [7, 11) is 0. The largest absolute Gasteiger partial charge is 0.472 e. The molecule has 6 heteroatoms. The SMILES string of the molecule is CCOc1nn(-c2ccccc2)cc1[N+](=O)[O-]. The summed E-state index contributed by atoms with van der Waals surface area (Å²) in [6.07, 6.45) is 1.35. The number of nitro groups is 1. The van der Waals surface area contributed by atoms with E-state index >= 15 is 0 Å². The van der Waals surface area contributed by atoms with Crippen molar-refractivity contribution in [2.45, 2.75) is 6.92 Å². The first-order valence-corrected chi connectivity index (χ1v) is 5.14. The molecule has 2 rings (SSSR count). The monoisotopic (exact) mass is 233 g/mol. The van der Waals surface area contributed by atoms with Gasteiger partial charge in [0.15, 0.2) is 0 Å². The fourth-order valence-corrected chi connectivity index (χ4v) is 1.43. The van der Waals surface area contributed by atoms with Crippen LogP contribution in [0.1, 0.15) is 6.92 Å². The highest BCUT2D eigenvalue weighted by Crippen LogP contribution is 2.26. The predicted octanol–water partition coefficient (Wildman–Crippen LogP) is 2.18. The summed E-state index contributed by atoms with van der Waals surface area (Å²) >= 11 is 0. The standard InChI is InChI=1S/C11H11N3O3/c1-2-17-11-10(14(15)16)8-13(12-11)9-6-4-3-5-7-9/h3-8H,2H2,1H3. The van der Waals surface area contributed by atoms with E-state index < -0.39 is 4.92 Å². The van der Waals surface area contributed by atoms with Crippen molar-refractivity contribution in [3.8, 4) is 11.6 Å². The van der Waals surface area contributed by atoms with Gasteiger partial charge in [-0.15, -0.1) is 5.10 Å². The zero-order chi connectivity index (χ0) is 12.3. The van der Waals surface area contributed by atoms with Crippen LogP contribution in [0, 0.1) is 10.1 Å². The van der Waals surface area contributed by atoms with Crippen molar-refractivity contribution in [2.24, 2.45) is 0 Å². The quantitative estimate of drug-likeness (QED) is 0.599. The molecule has 88 valence electrons. The molecule has 2 aromatic rings. The van der Waals surface area contributed by atoms with Gasteiger partial charge in [-0.25, -0.2) is 4.68 Å². The van der Waals surface area contributed by atoms with Gasteiger partial charge in [0.1, 0.15) is 6.20 Å². The Kier molecular flexibility index (Phi) is 3.04. The van der Waals surface area contributed by atoms with Crippen molar-refractivity contribution >= 4 is 5.69 Å². The van der Waals surface area contributed by atoms with Crippen LogP contribution in [0.3, 0.4) is 0 Å². The lowest BCUT2D eigenvalue weighted by atomic mass is 10.3. The third kappa shape index (κ3) is 2.25. The van der Waals surface area contributed by atoms with Gasteiger partial charge in [-0.3, -0.25) is 10.1 Å². The van der Waals surface area contributed by atoms with Crippen molar-refractivity contribution in [3.05, 3.63) is 46.6 Å². The summed E-state index contributed by atoms with van der Waals surface area (Å²) in [5.74, 6) is 0.0429. The molecule has 0 unspecified atom stereocenters. The summed E-state index contributed by atoms with van der Waals surface area (Å²) in [5.41, 5.74) is 0.622. The lowest BCUT2D eigenvalue weighted by Gasteiger charge is -1.98. The van der Waals surface area contributed by atoms with Crippen LogP contribution in [-0.2, 0) is 0 Å². The molecule has 0 saturated heterocycles. The summed E-state index contributed by atoms with van der Waals surface area (Å²) in [6.45, 7) is 2.10. The fraction of sp³-hybridized carbons (Fsp3) is 0.182. The molecule has 6 nitrogen and oxygen atoms in total. The lowest BCUT2D eigenvalue weighted by molar-refractivity contribution is -0.385. The van der Waals surface area contributed by atoms with Gasteiger partial charge in [0.25, 0.3) is 0 Å². The molecule has 1 aromatic carbocycles. The maximum atomic E-state index is 10.8. The van der Waals surface area contributed by atoms with Crippen molar-refractivity contribution in [1.29, 1.82) is 0 Å². The summed E-state index contributed by atoms with van der Waals surface area (Å²) in [5, 5.41) is 14.9. The van der Waals surface area contributed by atoms with Gasteiger partial charge in [-0.05, 0) is 19.1 Å². The van der Waals surface area contributed by atoms with Crippen molar-refractivity contribution in [3.63, 3.8) is 0 Å². The minimum atomic E-state index is -0.503. The van der Waals surface area contributed by atoms with Crippen LogP contribution in [0.4, 0.5) is 5.69 Å². The number of benzene rings is 1. The second kappa shape index (κ2) is 4.65. The Morgan fingerprint density at radius 3 is 2.71 bits per heavy atom. The van der Waals surface area contributed by atoms with Crippen LogP contribution in [0.15, 0.2) is 36.5 Å². The van der Waals surface area contributed by atoms with Gasteiger partial charge >= 0.3 is 11.6 Å². The van der Waals surface area contributed by atoms with Crippen molar-refractivity contribution < 1.29 is 9.66 Å². The second-order valence-electron chi connectivity index (χ2n) is 3.29. The number of ether oxygens (including phenoxy) is 1. The Labute approximate surface area is 97.6 Å². The van der Waals surface area contributed by atoms with Crippen LogP contribution >= 0.6 is 0 Å².